The van der Waals surface area contributed by atoms with E-state index in [2.05, 4.69) is 27.8 Å². The van der Waals surface area contributed by atoms with Crippen molar-refractivity contribution in [3.8, 4) is 11.5 Å². The van der Waals surface area contributed by atoms with Crippen molar-refractivity contribution in [2.75, 3.05) is 18.5 Å². The van der Waals surface area contributed by atoms with Gasteiger partial charge in [0.15, 0.2) is 6.61 Å². The first-order valence-electron chi connectivity index (χ1n) is 6.69. The first kappa shape index (κ1) is 16.1. The molecule has 1 N–H and O–H groups in total. The SMILES string of the molecule is C=CCOc1cccc(NC(=O)COc2ccc(Br)cc2)c1. The van der Waals surface area contributed by atoms with Crippen LogP contribution in [0.4, 0.5) is 5.69 Å². The van der Waals surface area contributed by atoms with E-state index in [9.17, 15) is 4.79 Å². The standard InChI is InChI=1S/C17H16BrNO3/c1-2-10-21-16-5-3-4-14(11-16)19-17(20)12-22-15-8-6-13(18)7-9-15/h2-9,11H,1,10,12H2,(H,19,20). The van der Waals surface area contributed by atoms with Crippen LogP contribution < -0.4 is 14.8 Å². The summed E-state index contributed by atoms with van der Waals surface area (Å²) in [6.07, 6.45) is 1.66. The Bertz CT molecular complexity index is 641. The lowest BCUT2D eigenvalue weighted by atomic mass is 10.3. The molecule has 0 bridgehead atoms. The van der Waals surface area contributed by atoms with Gasteiger partial charge >= 0.3 is 0 Å². The molecule has 0 aliphatic heterocycles. The second-order valence-corrected chi connectivity index (χ2v) is 5.33. The summed E-state index contributed by atoms with van der Waals surface area (Å²) in [7, 11) is 0. The maximum atomic E-state index is 11.9. The van der Waals surface area contributed by atoms with Crippen LogP contribution in [-0.2, 0) is 4.79 Å². The van der Waals surface area contributed by atoms with Gasteiger partial charge in [-0.2, -0.15) is 0 Å². The molecular formula is C17H16BrNO3. The number of hydrogen-bond donors (Lipinski definition) is 1. The van der Waals surface area contributed by atoms with Gasteiger partial charge in [-0.1, -0.05) is 34.7 Å². The van der Waals surface area contributed by atoms with Crippen LogP contribution in [0.1, 0.15) is 0 Å². The Kier molecular flexibility index (Phi) is 6.03. The lowest BCUT2D eigenvalue weighted by Crippen LogP contribution is -2.20. The highest BCUT2D eigenvalue weighted by molar-refractivity contribution is 9.10. The number of hydrogen-bond acceptors (Lipinski definition) is 3. The van der Waals surface area contributed by atoms with E-state index in [0.717, 1.165) is 4.47 Å². The number of benzene rings is 2. The van der Waals surface area contributed by atoms with Crippen molar-refractivity contribution >= 4 is 27.5 Å². The molecule has 0 aliphatic carbocycles. The quantitative estimate of drug-likeness (QED) is 0.757. The van der Waals surface area contributed by atoms with Crippen LogP contribution in [0, 0.1) is 0 Å². The largest absolute Gasteiger partial charge is 0.489 e. The van der Waals surface area contributed by atoms with Crippen molar-refractivity contribution < 1.29 is 14.3 Å². The molecule has 4 nitrogen and oxygen atoms in total. The van der Waals surface area contributed by atoms with Gasteiger partial charge in [-0.25, -0.2) is 0 Å². The Balaban J connectivity index is 1.86. The van der Waals surface area contributed by atoms with Gasteiger partial charge < -0.3 is 14.8 Å². The topological polar surface area (TPSA) is 47.6 Å². The molecule has 22 heavy (non-hydrogen) atoms. The first-order chi connectivity index (χ1) is 10.7. The van der Waals surface area contributed by atoms with Crippen LogP contribution in [0.15, 0.2) is 65.7 Å². The lowest BCUT2D eigenvalue weighted by molar-refractivity contribution is -0.118. The maximum Gasteiger partial charge on any atom is 0.262 e. The number of nitrogens with one attached hydrogen (secondary N) is 1. The van der Waals surface area contributed by atoms with E-state index >= 15 is 0 Å². The Morgan fingerprint density at radius 1 is 1.14 bits per heavy atom. The minimum atomic E-state index is -0.233. The Hall–Kier alpha value is -2.27. The summed E-state index contributed by atoms with van der Waals surface area (Å²) in [5.41, 5.74) is 0.658. The molecule has 0 radical (unpaired) electrons. The highest BCUT2D eigenvalue weighted by Crippen LogP contribution is 2.18. The third kappa shape index (κ3) is 5.26. The van der Waals surface area contributed by atoms with Crippen molar-refractivity contribution in [3.05, 3.63) is 65.7 Å². The highest BCUT2D eigenvalue weighted by atomic mass is 79.9. The molecule has 0 atom stereocenters. The third-order valence-electron chi connectivity index (χ3n) is 2.67. The summed E-state index contributed by atoms with van der Waals surface area (Å²) < 4.78 is 11.8. The van der Waals surface area contributed by atoms with Crippen LogP contribution in [0.2, 0.25) is 0 Å². The van der Waals surface area contributed by atoms with E-state index < -0.39 is 0 Å². The van der Waals surface area contributed by atoms with E-state index in [1.165, 1.54) is 0 Å². The summed E-state index contributed by atoms with van der Waals surface area (Å²) in [6, 6.07) is 14.5. The minimum absolute atomic E-state index is 0.0562. The van der Waals surface area contributed by atoms with E-state index in [-0.39, 0.29) is 12.5 Å². The van der Waals surface area contributed by atoms with Gasteiger partial charge in [-0.3, -0.25) is 4.79 Å². The van der Waals surface area contributed by atoms with Crippen molar-refractivity contribution in [2.24, 2.45) is 0 Å². The molecule has 5 heteroatoms. The minimum Gasteiger partial charge on any atom is -0.489 e. The average Bonchev–Trinajstić information content (AvgIpc) is 2.53. The summed E-state index contributed by atoms with van der Waals surface area (Å²) in [4.78, 5) is 11.9. The highest BCUT2D eigenvalue weighted by Gasteiger charge is 2.05. The molecule has 0 saturated heterocycles. The smallest absolute Gasteiger partial charge is 0.262 e. The molecule has 0 aliphatic rings. The molecule has 2 aromatic carbocycles. The van der Waals surface area contributed by atoms with E-state index in [1.807, 2.05) is 24.3 Å². The molecule has 0 aromatic heterocycles. The number of carbonyl (C=O) groups excluding carboxylic acids is 1. The van der Waals surface area contributed by atoms with Gasteiger partial charge in [-0.15, -0.1) is 0 Å². The van der Waals surface area contributed by atoms with E-state index in [4.69, 9.17) is 9.47 Å². The monoisotopic (exact) mass is 361 g/mol. The molecule has 0 spiro atoms. The number of carbonyl (C=O) groups is 1. The zero-order valence-corrected chi connectivity index (χ0v) is 13.5. The van der Waals surface area contributed by atoms with Crippen LogP contribution in [0.3, 0.4) is 0 Å². The van der Waals surface area contributed by atoms with Crippen LogP contribution in [0.25, 0.3) is 0 Å². The zero-order valence-electron chi connectivity index (χ0n) is 11.9. The van der Waals surface area contributed by atoms with Crippen molar-refractivity contribution in [2.45, 2.75) is 0 Å². The van der Waals surface area contributed by atoms with Crippen molar-refractivity contribution in [3.63, 3.8) is 0 Å². The van der Waals surface area contributed by atoms with Gasteiger partial charge in [0, 0.05) is 16.2 Å². The van der Waals surface area contributed by atoms with Gasteiger partial charge in [0.05, 0.1) is 0 Å². The number of ether oxygens (including phenoxy) is 2. The molecule has 2 aromatic rings. The predicted octanol–water partition coefficient (Wildman–Crippen LogP) is 4.03. The Morgan fingerprint density at radius 2 is 1.91 bits per heavy atom. The number of anilines is 1. The molecule has 0 fully saturated rings. The lowest BCUT2D eigenvalue weighted by Gasteiger charge is -2.09. The van der Waals surface area contributed by atoms with Gasteiger partial charge in [-0.05, 0) is 36.4 Å². The Morgan fingerprint density at radius 3 is 2.64 bits per heavy atom. The predicted molar refractivity (Wildman–Crippen MR) is 90.4 cm³/mol. The molecule has 114 valence electrons. The van der Waals surface area contributed by atoms with Crippen molar-refractivity contribution in [1.82, 2.24) is 0 Å². The summed E-state index contributed by atoms with van der Waals surface area (Å²) in [6.45, 7) is 3.96. The van der Waals surface area contributed by atoms with Gasteiger partial charge in [0.25, 0.3) is 5.91 Å². The Labute approximate surface area is 137 Å². The van der Waals surface area contributed by atoms with Crippen LogP contribution in [0.5, 0.6) is 11.5 Å². The van der Waals surface area contributed by atoms with Crippen LogP contribution in [-0.4, -0.2) is 19.1 Å². The second kappa shape index (κ2) is 8.24. The van der Waals surface area contributed by atoms with Crippen LogP contribution >= 0.6 is 15.9 Å². The zero-order chi connectivity index (χ0) is 15.8. The molecule has 1 amide bonds. The van der Waals surface area contributed by atoms with E-state index in [1.54, 1.807) is 30.3 Å². The second-order valence-electron chi connectivity index (χ2n) is 4.42. The normalized spacial score (nSPS) is 9.86. The fourth-order valence-corrected chi connectivity index (χ4v) is 1.96. The van der Waals surface area contributed by atoms with Gasteiger partial charge in [0.2, 0.25) is 0 Å². The summed E-state index contributed by atoms with van der Waals surface area (Å²) >= 11 is 3.34. The third-order valence-corrected chi connectivity index (χ3v) is 3.20. The number of halogens is 1. The fourth-order valence-electron chi connectivity index (χ4n) is 1.70. The fraction of sp³-hybridized carbons (Fsp3) is 0.118. The average molecular weight is 362 g/mol. The maximum absolute atomic E-state index is 11.9. The number of amides is 1. The van der Waals surface area contributed by atoms with E-state index in [0.29, 0.717) is 23.8 Å². The summed E-state index contributed by atoms with van der Waals surface area (Å²) in [5.74, 6) is 1.08. The molecule has 0 saturated carbocycles. The molecule has 2 rings (SSSR count). The molecule has 0 heterocycles. The van der Waals surface area contributed by atoms with Crippen molar-refractivity contribution in [1.29, 1.82) is 0 Å². The molecule has 0 unspecified atom stereocenters. The number of rotatable bonds is 7. The first-order valence-corrected chi connectivity index (χ1v) is 7.48. The summed E-state index contributed by atoms with van der Waals surface area (Å²) in [5, 5.41) is 2.76. The van der Waals surface area contributed by atoms with Gasteiger partial charge in [0.1, 0.15) is 18.1 Å². The molecular weight excluding hydrogens is 346 g/mol.